The van der Waals surface area contributed by atoms with Gasteiger partial charge in [-0.05, 0) is 80.2 Å². The first-order valence-corrected chi connectivity index (χ1v) is 13.7. The summed E-state index contributed by atoms with van der Waals surface area (Å²) < 4.78 is 36.3. The van der Waals surface area contributed by atoms with Gasteiger partial charge in [-0.15, -0.1) is 0 Å². The van der Waals surface area contributed by atoms with Gasteiger partial charge in [-0.1, -0.05) is 20.8 Å². The maximum absolute atomic E-state index is 15.4. The summed E-state index contributed by atoms with van der Waals surface area (Å²) in [6, 6.07) is 1.79. The predicted molar refractivity (Wildman–Crippen MR) is 132 cm³/mol. The lowest BCUT2D eigenvalue weighted by molar-refractivity contribution is -0.126. The van der Waals surface area contributed by atoms with Gasteiger partial charge in [0.1, 0.15) is 24.3 Å². The Kier molecular flexibility index (Phi) is 6.90. The molecule has 1 aliphatic heterocycles. The van der Waals surface area contributed by atoms with Crippen LogP contribution in [0.4, 0.5) is 8.78 Å². The Bertz CT molecular complexity index is 1010. The standard InChI is InChI=1S/C29H39F2NO4/c1-16-6-19-7-17(2)11-29(10-16,12-19)15-36-26-9-23(30)22(8-21(26)20-4-5-20)28(35)32-13-24(31)18(3)27(32)25(34)14-33/h8-9,16-20,24,27,33H,4-7,10-15H2,1-3H3/t16?,17?,18-,19?,24-,27-,29?/m0/s1. The largest absolute Gasteiger partial charge is 0.493 e. The van der Waals surface area contributed by atoms with E-state index in [1.807, 2.05) is 0 Å². The van der Waals surface area contributed by atoms with Gasteiger partial charge in [-0.2, -0.15) is 0 Å². The molecule has 36 heavy (non-hydrogen) atoms. The minimum absolute atomic E-state index is 0.117. The molecule has 198 valence electrons. The first kappa shape index (κ1) is 25.6. The van der Waals surface area contributed by atoms with Crippen molar-refractivity contribution in [2.45, 2.75) is 83.8 Å². The molecule has 0 spiro atoms. The minimum atomic E-state index is -1.40. The monoisotopic (exact) mass is 503 g/mol. The molecule has 5 rings (SSSR count). The number of benzene rings is 1. The summed E-state index contributed by atoms with van der Waals surface area (Å²) in [4.78, 5) is 26.7. The maximum Gasteiger partial charge on any atom is 0.257 e. The third-order valence-electron chi connectivity index (χ3n) is 9.16. The minimum Gasteiger partial charge on any atom is -0.493 e. The van der Waals surface area contributed by atoms with Gasteiger partial charge in [-0.25, -0.2) is 8.78 Å². The second kappa shape index (κ2) is 9.70. The third kappa shape index (κ3) is 4.80. The topological polar surface area (TPSA) is 66.8 Å². The second-order valence-electron chi connectivity index (χ2n) is 12.5. The van der Waals surface area contributed by atoms with Crippen molar-refractivity contribution in [2.75, 3.05) is 19.8 Å². The Labute approximate surface area is 212 Å². The van der Waals surface area contributed by atoms with E-state index in [2.05, 4.69) is 13.8 Å². The van der Waals surface area contributed by atoms with Crippen LogP contribution in [0.25, 0.3) is 0 Å². The Morgan fingerprint density at radius 3 is 2.39 bits per heavy atom. The molecule has 1 N–H and O–H groups in total. The Morgan fingerprint density at radius 1 is 1.11 bits per heavy atom. The molecule has 0 radical (unpaired) electrons. The van der Waals surface area contributed by atoms with Crippen molar-refractivity contribution >= 4 is 11.7 Å². The summed E-state index contributed by atoms with van der Waals surface area (Å²) in [5, 5.41) is 9.35. The fourth-order valence-corrected chi connectivity index (χ4v) is 7.76. The highest BCUT2D eigenvalue weighted by Gasteiger charge is 2.47. The van der Waals surface area contributed by atoms with Crippen LogP contribution in [-0.2, 0) is 4.79 Å². The number of amides is 1. The molecular formula is C29H39F2NO4. The highest BCUT2D eigenvalue weighted by atomic mass is 19.1. The molecule has 1 heterocycles. The van der Waals surface area contributed by atoms with Crippen LogP contribution >= 0.6 is 0 Å². The van der Waals surface area contributed by atoms with E-state index >= 15 is 4.39 Å². The Balaban J connectivity index is 1.40. The van der Waals surface area contributed by atoms with E-state index in [9.17, 15) is 19.1 Å². The molecule has 7 heteroatoms. The van der Waals surface area contributed by atoms with Gasteiger partial charge in [0.15, 0.2) is 5.78 Å². The summed E-state index contributed by atoms with van der Waals surface area (Å²) in [6.45, 7) is 5.68. The Morgan fingerprint density at radius 2 is 1.78 bits per heavy atom. The van der Waals surface area contributed by atoms with Gasteiger partial charge in [0, 0.05) is 17.4 Å². The molecule has 2 unspecified atom stereocenters. The summed E-state index contributed by atoms with van der Waals surface area (Å²) in [7, 11) is 0. The smallest absolute Gasteiger partial charge is 0.257 e. The number of alkyl halides is 1. The molecule has 3 saturated carbocycles. The van der Waals surface area contributed by atoms with E-state index < -0.39 is 42.2 Å². The number of rotatable bonds is 7. The van der Waals surface area contributed by atoms with E-state index in [0.29, 0.717) is 24.2 Å². The van der Waals surface area contributed by atoms with Crippen LogP contribution in [0.1, 0.15) is 87.6 Å². The first-order chi connectivity index (χ1) is 17.1. The molecule has 4 aliphatic rings. The predicted octanol–water partition coefficient (Wildman–Crippen LogP) is 5.29. The fourth-order valence-electron chi connectivity index (χ4n) is 7.76. The number of carbonyl (C=O) groups excluding carboxylic acids is 2. The normalized spacial score (nSPS) is 36.1. The van der Waals surface area contributed by atoms with E-state index in [4.69, 9.17) is 4.74 Å². The fraction of sp³-hybridized carbons (Fsp3) is 0.724. The van der Waals surface area contributed by atoms with Gasteiger partial charge >= 0.3 is 0 Å². The number of nitrogens with zero attached hydrogens (tertiary/aromatic N) is 1. The molecular weight excluding hydrogens is 464 g/mol. The average Bonchev–Trinajstić information content (AvgIpc) is 3.61. The van der Waals surface area contributed by atoms with Crippen molar-refractivity contribution in [2.24, 2.45) is 29.1 Å². The summed E-state index contributed by atoms with van der Waals surface area (Å²) in [5.74, 6) is -0.00699. The van der Waals surface area contributed by atoms with Crippen LogP contribution in [0.2, 0.25) is 0 Å². The van der Waals surface area contributed by atoms with Crippen LogP contribution in [0.3, 0.4) is 0 Å². The van der Waals surface area contributed by atoms with E-state index in [1.165, 1.54) is 18.9 Å². The van der Waals surface area contributed by atoms with Crippen molar-refractivity contribution in [3.8, 4) is 5.75 Å². The first-order valence-electron chi connectivity index (χ1n) is 13.7. The third-order valence-corrected chi connectivity index (χ3v) is 9.16. The molecule has 5 atom stereocenters. The molecule has 3 aliphatic carbocycles. The van der Waals surface area contributed by atoms with Crippen LogP contribution in [0, 0.1) is 34.9 Å². The number of likely N-dealkylation sites (tertiary alicyclic amines) is 1. The molecule has 1 aromatic carbocycles. The van der Waals surface area contributed by atoms with Gasteiger partial charge in [0.25, 0.3) is 5.91 Å². The number of Topliss-reactive ketones (excluding diaryl/α,β-unsaturated/α-hetero) is 1. The lowest BCUT2D eigenvalue weighted by Crippen LogP contribution is -2.44. The van der Waals surface area contributed by atoms with Gasteiger partial charge in [0.05, 0.1) is 24.8 Å². The van der Waals surface area contributed by atoms with Gasteiger partial charge in [0.2, 0.25) is 0 Å². The number of hydrogen-bond acceptors (Lipinski definition) is 4. The number of aliphatic hydroxyl groups is 1. The lowest BCUT2D eigenvalue weighted by atomic mass is 9.57. The van der Waals surface area contributed by atoms with E-state index in [0.717, 1.165) is 48.5 Å². The summed E-state index contributed by atoms with van der Waals surface area (Å²) >= 11 is 0. The quantitative estimate of drug-likeness (QED) is 0.549. The lowest BCUT2D eigenvalue weighted by Gasteiger charge is -2.49. The number of aliphatic hydroxyl groups excluding tert-OH is 1. The summed E-state index contributed by atoms with van der Waals surface area (Å²) in [5.41, 5.74) is 0.789. The number of carbonyl (C=O) groups is 2. The number of fused-ring (bicyclic) bond motifs is 2. The second-order valence-corrected chi connectivity index (χ2v) is 12.5. The maximum atomic E-state index is 15.4. The highest BCUT2D eigenvalue weighted by molar-refractivity contribution is 5.99. The average molecular weight is 504 g/mol. The molecule has 4 fully saturated rings. The number of halogens is 2. The Hall–Kier alpha value is -2.02. The number of hydrogen-bond donors (Lipinski definition) is 1. The summed E-state index contributed by atoms with van der Waals surface area (Å²) in [6.07, 6.45) is 6.48. The van der Waals surface area contributed by atoms with E-state index in [-0.39, 0.29) is 23.4 Å². The molecule has 1 amide bonds. The van der Waals surface area contributed by atoms with Crippen molar-refractivity contribution in [1.29, 1.82) is 0 Å². The van der Waals surface area contributed by atoms with Crippen LogP contribution in [0.15, 0.2) is 12.1 Å². The zero-order valence-electron chi connectivity index (χ0n) is 21.6. The van der Waals surface area contributed by atoms with Gasteiger partial charge < -0.3 is 14.7 Å². The van der Waals surface area contributed by atoms with Crippen LogP contribution in [-0.4, -0.2) is 53.7 Å². The van der Waals surface area contributed by atoms with Crippen molar-refractivity contribution in [3.63, 3.8) is 0 Å². The number of ketones is 1. The SMILES string of the molecule is CC1CC2CC(C)CC(COc3cc(F)c(C(=O)N4C[C@H](F)[C@H](C)[C@H]4C(=O)CO)cc3C3CC3)(C1)C2. The molecule has 2 bridgehead atoms. The van der Waals surface area contributed by atoms with E-state index in [1.54, 1.807) is 13.0 Å². The highest BCUT2D eigenvalue weighted by Crippen LogP contribution is 2.53. The van der Waals surface area contributed by atoms with Crippen molar-refractivity contribution in [1.82, 2.24) is 4.90 Å². The molecule has 1 saturated heterocycles. The molecule has 5 nitrogen and oxygen atoms in total. The van der Waals surface area contributed by atoms with Crippen LogP contribution in [0.5, 0.6) is 5.75 Å². The van der Waals surface area contributed by atoms with Crippen molar-refractivity contribution in [3.05, 3.63) is 29.1 Å². The number of ether oxygens (including phenoxy) is 1. The van der Waals surface area contributed by atoms with Gasteiger partial charge in [-0.3, -0.25) is 9.59 Å². The molecule has 0 aromatic heterocycles. The van der Waals surface area contributed by atoms with Crippen molar-refractivity contribution < 1.29 is 28.2 Å². The zero-order valence-corrected chi connectivity index (χ0v) is 21.6. The van der Waals surface area contributed by atoms with Crippen LogP contribution < -0.4 is 4.74 Å². The zero-order chi connectivity index (χ0) is 25.8. The molecule has 1 aromatic rings.